The van der Waals surface area contributed by atoms with E-state index in [1.54, 1.807) is 0 Å². The third-order valence-electron chi connectivity index (χ3n) is 4.75. The van der Waals surface area contributed by atoms with Crippen molar-refractivity contribution in [2.24, 2.45) is 0 Å². The molecule has 1 aliphatic heterocycles. The zero-order valence-electron chi connectivity index (χ0n) is 15.2. The third kappa shape index (κ3) is 4.24. The van der Waals surface area contributed by atoms with Crippen molar-refractivity contribution >= 4 is 17.4 Å². The van der Waals surface area contributed by atoms with Crippen LogP contribution >= 0.6 is 11.5 Å². The van der Waals surface area contributed by atoms with Gasteiger partial charge in [0.1, 0.15) is 10.7 Å². The van der Waals surface area contributed by atoms with E-state index in [9.17, 15) is 4.79 Å². The monoisotopic (exact) mass is 362 g/mol. The van der Waals surface area contributed by atoms with E-state index in [4.69, 9.17) is 0 Å². The average molecular weight is 363 g/mol. The molecule has 25 heavy (non-hydrogen) atoms. The molecular formula is C17H26N6OS. The Morgan fingerprint density at radius 2 is 2.12 bits per heavy atom. The number of aryl methyl sites for hydroxylation is 2. The molecule has 2 aromatic heterocycles. The van der Waals surface area contributed by atoms with Gasteiger partial charge in [-0.25, -0.2) is 4.98 Å². The van der Waals surface area contributed by atoms with Gasteiger partial charge in [0.25, 0.3) is 5.91 Å². The van der Waals surface area contributed by atoms with Crippen LogP contribution in [0.4, 0.5) is 0 Å². The highest BCUT2D eigenvalue weighted by molar-refractivity contribution is 7.07. The second kappa shape index (κ2) is 8.05. The minimum absolute atomic E-state index is 0.0697. The minimum atomic E-state index is 0.0697. The summed E-state index contributed by atoms with van der Waals surface area (Å²) in [5.74, 6) is 1.67. The summed E-state index contributed by atoms with van der Waals surface area (Å²) in [6.07, 6.45) is 7.01. The first kappa shape index (κ1) is 18.0. The maximum Gasteiger partial charge on any atom is 0.267 e. The standard InChI is InChI=1S/C17H26N6OS/c1-13-15(25-20-19-13)17(24)23-10-5-14(6-11-23)16-18-7-12-22(16)9-4-8-21(2)3/h7,12,14H,4-6,8-11H2,1-3H3. The van der Waals surface area contributed by atoms with E-state index in [2.05, 4.69) is 44.3 Å². The van der Waals surface area contributed by atoms with Crippen LogP contribution in [-0.2, 0) is 6.54 Å². The fourth-order valence-electron chi connectivity index (χ4n) is 3.34. The van der Waals surface area contributed by atoms with E-state index in [1.165, 1.54) is 17.4 Å². The molecule has 3 rings (SSSR count). The van der Waals surface area contributed by atoms with E-state index < -0.39 is 0 Å². The van der Waals surface area contributed by atoms with Crippen molar-refractivity contribution in [3.05, 3.63) is 28.8 Å². The summed E-state index contributed by atoms with van der Waals surface area (Å²) in [5.41, 5.74) is 0.730. The number of nitrogens with zero attached hydrogens (tertiary/aromatic N) is 6. The lowest BCUT2D eigenvalue weighted by Gasteiger charge is -2.31. The van der Waals surface area contributed by atoms with Gasteiger partial charge in [-0.05, 0) is 58.4 Å². The summed E-state index contributed by atoms with van der Waals surface area (Å²) < 4.78 is 6.15. The molecule has 0 aliphatic carbocycles. The van der Waals surface area contributed by atoms with Crippen molar-refractivity contribution in [3.8, 4) is 0 Å². The van der Waals surface area contributed by atoms with Gasteiger partial charge in [-0.15, -0.1) is 5.10 Å². The molecule has 0 N–H and O–H groups in total. The smallest absolute Gasteiger partial charge is 0.267 e. The molecule has 0 atom stereocenters. The van der Waals surface area contributed by atoms with Crippen molar-refractivity contribution in [3.63, 3.8) is 0 Å². The maximum atomic E-state index is 12.6. The van der Waals surface area contributed by atoms with Crippen LogP contribution in [0.2, 0.25) is 0 Å². The SMILES string of the molecule is Cc1nnsc1C(=O)N1CCC(c2nccn2CCCN(C)C)CC1. The van der Waals surface area contributed by atoms with E-state index in [1.807, 2.05) is 18.0 Å². The van der Waals surface area contributed by atoms with E-state index in [-0.39, 0.29) is 5.91 Å². The number of carbonyl (C=O) groups is 1. The zero-order valence-corrected chi connectivity index (χ0v) is 16.0. The molecule has 0 bridgehead atoms. The molecule has 0 radical (unpaired) electrons. The van der Waals surface area contributed by atoms with Gasteiger partial charge in [-0.3, -0.25) is 4.79 Å². The Morgan fingerprint density at radius 1 is 1.36 bits per heavy atom. The Hall–Kier alpha value is -1.80. The maximum absolute atomic E-state index is 12.6. The Morgan fingerprint density at radius 3 is 2.76 bits per heavy atom. The topological polar surface area (TPSA) is 67.2 Å². The molecule has 8 heteroatoms. The summed E-state index contributed by atoms with van der Waals surface area (Å²) >= 11 is 1.19. The second-order valence-corrected chi connectivity index (χ2v) is 7.64. The second-order valence-electron chi connectivity index (χ2n) is 6.89. The summed E-state index contributed by atoms with van der Waals surface area (Å²) in [7, 11) is 4.20. The van der Waals surface area contributed by atoms with E-state index in [0.29, 0.717) is 10.8 Å². The number of hydrogen-bond acceptors (Lipinski definition) is 6. The van der Waals surface area contributed by atoms with Crippen LogP contribution in [0.3, 0.4) is 0 Å². The lowest BCUT2D eigenvalue weighted by atomic mass is 9.95. The lowest BCUT2D eigenvalue weighted by molar-refractivity contribution is 0.0714. The molecule has 0 saturated carbocycles. The van der Waals surface area contributed by atoms with Gasteiger partial charge in [-0.2, -0.15) is 0 Å². The molecule has 0 aromatic carbocycles. The molecule has 1 fully saturated rings. The first-order valence-electron chi connectivity index (χ1n) is 8.80. The quantitative estimate of drug-likeness (QED) is 0.786. The summed E-state index contributed by atoms with van der Waals surface area (Å²) in [5, 5.41) is 3.94. The molecule has 3 heterocycles. The molecule has 1 saturated heterocycles. The first-order chi connectivity index (χ1) is 12.1. The van der Waals surface area contributed by atoms with Crippen LogP contribution in [0, 0.1) is 6.92 Å². The Labute approximate surface area is 152 Å². The van der Waals surface area contributed by atoms with Crippen LogP contribution in [-0.4, -0.2) is 68.6 Å². The highest BCUT2D eigenvalue weighted by atomic mass is 32.1. The van der Waals surface area contributed by atoms with Gasteiger partial charge in [0.05, 0.1) is 5.69 Å². The molecule has 1 amide bonds. The summed E-state index contributed by atoms with van der Waals surface area (Å²) in [6, 6.07) is 0. The molecule has 0 spiro atoms. The van der Waals surface area contributed by atoms with Crippen LogP contribution in [0.15, 0.2) is 12.4 Å². The largest absolute Gasteiger partial charge is 0.338 e. The van der Waals surface area contributed by atoms with Crippen molar-refractivity contribution < 1.29 is 4.79 Å². The van der Waals surface area contributed by atoms with Crippen LogP contribution < -0.4 is 0 Å². The Balaban J connectivity index is 1.57. The Bertz CT molecular complexity index is 702. The van der Waals surface area contributed by atoms with Gasteiger partial charge >= 0.3 is 0 Å². The number of piperidine rings is 1. The van der Waals surface area contributed by atoms with Gasteiger partial charge in [-0.1, -0.05) is 4.49 Å². The van der Waals surface area contributed by atoms with Crippen LogP contribution in [0.25, 0.3) is 0 Å². The molecule has 2 aromatic rings. The molecule has 7 nitrogen and oxygen atoms in total. The minimum Gasteiger partial charge on any atom is -0.338 e. The lowest BCUT2D eigenvalue weighted by Crippen LogP contribution is -2.38. The van der Waals surface area contributed by atoms with Gasteiger partial charge in [0.2, 0.25) is 0 Å². The van der Waals surface area contributed by atoms with Crippen LogP contribution in [0.1, 0.15) is 46.4 Å². The number of aromatic nitrogens is 4. The number of amides is 1. The number of rotatable bonds is 6. The normalized spacial score (nSPS) is 15.9. The predicted molar refractivity (Wildman–Crippen MR) is 97.9 cm³/mol. The van der Waals surface area contributed by atoms with Crippen LogP contribution in [0.5, 0.6) is 0 Å². The average Bonchev–Trinajstić information content (AvgIpc) is 3.23. The zero-order chi connectivity index (χ0) is 17.8. The summed E-state index contributed by atoms with van der Waals surface area (Å²) in [6.45, 7) is 5.45. The molecule has 0 unspecified atom stereocenters. The first-order valence-corrected chi connectivity index (χ1v) is 9.57. The highest BCUT2D eigenvalue weighted by Crippen LogP contribution is 2.28. The van der Waals surface area contributed by atoms with Gasteiger partial charge in [0.15, 0.2) is 0 Å². The van der Waals surface area contributed by atoms with E-state index in [0.717, 1.165) is 51.1 Å². The van der Waals surface area contributed by atoms with Crippen molar-refractivity contribution in [1.29, 1.82) is 0 Å². The van der Waals surface area contributed by atoms with Crippen molar-refractivity contribution in [2.45, 2.75) is 38.6 Å². The molecular weight excluding hydrogens is 336 g/mol. The predicted octanol–water partition coefficient (Wildman–Crippen LogP) is 2.01. The van der Waals surface area contributed by atoms with Crippen molar-refractivity contribution in [1.82, 2.24) is 28.9 Å². The Kier molecular flexibility index (Phi) is 5.80. The van der Waals surface area contributed by atoms with Crippen molar-refractivity contribution in [2.75, 3.05) is 33.7 Å². The third-order valence-corrected chi connectivity index (χ3v) is 5.56. The number of carbonyl (C=O) groups excluding carboxylic acids is 1. The fraction of sp³-hybridized carbons (Fsp3) is 0.647. The number of hydrogen-bond donors (Lipinski definition) is 0. The fourth-order valence-corrected chi connectivity index (χ4v) is 3.96. The molecule has 136 valence electrons. The van der Waals surface area contributed by atoms with Gasteiger partial charge < -0.3 is 14.4 Å². The van der Waals surface area contributed by atoms with E-state index >= 15 is 0 Å². The highest BCUT2D eigenvalue weighted by Gasteiger charge is 2.28. The summed E-state index contributed by atoms with van der Waals surface area (Å²) in [4.78, 5) is 22.0. The number of imidazole rings is 1. The molecule has 1 aliphatic rings. The van der Waals surface area contributed by atoms with Gasteiger partial charge in [0, 0.05) is 37.9 Å². The number of likely N-dealkylation sites (tertiary alicyclic amines) is 1.